The molecule has 0 bridgehead atoms. The summed E-state index contributed by atoms with van der Waals surface area (Å²) in [4.78, 5) is 29.9. The van der Waals surface area contributed by atoms with Crippen LogP contribution >= 0.6 is 0 Å². The van der Waals surface area contributed by atoms with Crippen molar-refractivity contribution in [1.29, 1.82) is 0 Å². The first-order valence-corrected chi connectivity index (χ1v) is 4.64. The minimum Gasteiger partial charge on any atom is -0.392 e. The van der Waals surface area contributed by atoms with E-state index in [0.29, 0.717) is 0 Å². The van der Waals surface area contributed by atoms with E-state index in [9.17, 15) is 9.59 Å². The van der Waals surface area contributed by atoms with E-state index in [2.05, 4.69) is 20.6 Å². The maximum Gasteiger partial charge on any atom is 0.316 e. The van der Waals surface area contributed by atoms with Crippen molar-refractivity contribution in [3.8, 4) is 0 Å². The molecule has 0 aliphatic carbocycles. The molecule has 86 valence electrons. The molecular weight excluding hydrogens is 212 g/mol. The van der Waals surface area contributed by atoms with E-state index in [0.717, 1.165) is 0 Å². The maximum atomic E-state index is 11.2. The van der Waals surface area contributed by atoms with E-state index in [4.69, 9.17) is 5.11 Å². The molecule has 16 heavy (non-hydrogen) atoms. The van der Waals surface area contributed by atoms with Crippen LogP contribution in [0.3, 0.4) is 0 Å². The van der Waals surface area contributed by atoms with Crippen LogP contribution in [0.1, 0.15) is 6.92 Å². The predicted octanol–water partition coefficient (Wildman–Crippen LogP) is -1.09. The monoisotopic (exact) mass is 224 g/mol. The lowest BCUT2D eigenvalue weighted by molar-refractivity contribution is -0.136. The first-order valence-electron chi connectivity index (χ1n) is 4.64. The first kappa shape index (κ1) is 12.1. The summed E-state index contributed by atoms with van der Waals surface area (Å²) < 4.78 is 0. The Balaban J connectivity index is 2.44. The largest absolute Gasteiger partial charge is 0.392 e. The van der Waals surface area contributed by atoms with Crippen LogP contribution in [-0.4, -0.2) is 39.5 Å². The number of carbonyl (C=O) groups is 2. The van der Waals surface area contributed by atoms with Gasteiger partial charge in [-0.2, -0.15) is 0 Å². The van der Waals surface area contributed by atoms with E-state index in [1.165, 1.54) is 19.3 Å². The second kappa shape index (κ2) is 5.76. The Kier molecular flexibility index (Phi) is 4.34. The van der Waals surface area contributed by atoms with Gasteiger partial charge >= 0.3 is 11.8 Å². The third kappa shape index (κ3) is 4.01. The molecule has 2 amide bonds. The van der Waals surface area contributed by atoms with Crippen LogP contribution in [0.25, 0.3) is 0 Å². The summed E-state index contributed by atoms with van der Waals surface area (Å²) in [6.07, 6.45) is 2.18. The highest BCUT2D eigenvalue weighted by Gasteiger charge is 2.14. The molecule has 1 heterocycles. The fourth-order valence-electron chi connectivity index (χ4n) is 0.843. The van der Waals surface area contributed by atoms with Gasteiger partial charge in [0, 0.05) is 18.9 Å². The lowest BCUT2D eigenvalue weighted by atomic mass is 10.4. The zero-order chi connectivity index (χ0) is 12.0. The summed E-state index contributed by atoms with van der Waals surface area (Å²) in [5.41, 5.74) is 0. The number of hydrogen-bond donors (Lipinski definition) is 3. The molecule has 0 aromatic carbocycles. The van der Waals surface area contributed by atoms with Gasteiger partial charge in [0.25, 0.3) is 0 Å². The van der Waals surface area contributed by atoms with Gasteiger partial charge in [-0.05, 0) is 13.0 Å². The van der Waals surface area contributed by atoms with E-state index >= 15 is 0 Å². The number of carbonyl (C=O) groups excluding carboxylic acids is 2. The molecule has 0 fully saturated rings. The van der Waals surface area contributed by atoms with E-state index in [-0.39, 0.29) is 12.5 Å². The molecule has 1 rings (SSSR count). The molecule has 7 nitrogen and oxygen atoms in total. The van der Waals surface area contributed by atoms with Crippen LogP contribution in [0.2, 0.25) is 0 Å². The minimum absolute atomic E-state index is 0.0158. The lowest BCUT2D eigenvalue weighted by Crippen LogP contribution is -2.39. The molecule has 0 aliphatic heterocycles. The van der Waals surface area contributed by atoms with Crippen LogP contribution < -0.4 is 10.6 Å². The highest BCUT2D eigenvalue weighted by molar-refractivity contribution is 6.39. The van der Waals surface area contributed by atoms with Crippen molar-refractivity contribution < 1.29 is 14.7 Å². The van der Waals surface area contributed by atoms with Crippen molar-refractivity contribution in [3.63, 3.8) is 0 Å². The van der Waals surface area contributed by atoms with Crippen LogP contribution in [0.15, 0.2) is 18.5 Å². The van der Waals surface area contributed by atoms with Crippen LogP contribution in [0, 0.1) is 0 Å². The van der Waals surface area contributed by atoms with Gasteiger partial charge in [-0.15, -0.1) is 0 Å². The van der Waals surface area contributed by atoms with E-state index < -0.39 is 17.9 Å². The van der Waals surface area contributed by atoms with Gasteiger partial charge in [0.15, 0.2) is 0 Å². The summed E-state index contributed by atoms with van der Waals surface area (Å²) >= 11 is 0. The predicted molar refractivity (Wildman–Crippen MR) is 55.4 cm³/mol. The fourth-order valence-corrected chi connectivity index (χ4v) is 0.843. The van der Waals surface area contributed by atoms with Gasteiger partial charge in [0.1, 0.15) is 0 Å². The number of nitrogens with zero attached hydrogens (tertiary/aromatic N) is 2. The number of aliphatic hydroxyl groups excluding tert-OH is 1. The molecule has 1 aromatic heterocycles. The van der Waals surface area contributed by atoms with Crippen molar-refractivity contribution in [2.75, 3.05) is 11.9 Å². The molecule has 0 radical (unpaired) electrons. The molecule has 0 aliphatic rings. The number of aliphatic hydroxyl groups is 1. The third-order valence-electron chi connectivity index (χ3n) is 1.56. The molecule has 1 aromatic rings. The Hall–Kier alpha value is -2.02. The van der Waals surface area contributed by atoms with E-state index in [1.807, 2.05) is 0 Å². The van der Waals surface area contributed by atoms with Crippen LogP contribution in [0.5, 0.6) is 0 Å². The van der Waals surface area contributed by atoms with Crippen molar-refractivity contribution >= 4 is 17.8 Å². The number of amides is 2. The maximum absolute atomic E-state index is 11.2. The second-order valence-electron chi connectivity index (χ2n) is 3.09. The smallest absolute Gasteiger partial charge is 0.316 e. The average molecular weight is 224 g/mol. The van der Waals surface area contributed by atoms with Crippen molar-refractivity contribution in [1.82, 2.24) is 15.3 Å². The fraction of sp³-hybridized carbons (Fsp3) is 0.333. The summed E-state index contributed by atoms with van der Waals surface area (Å²) in [7, 11) is 0. The number of hydrogen-bond acceptors (Lipinski definition) is 5. The van der Waals surface area contributed by atoms with Gasteiger partial charge in [0.05, 0.1) is 6.10 Å². The number of anilines is 1. The Morgan fingerprint density at radius 1 is 1.38 bits per heavy atom. The lowest BCUT2D eigenvalue weighted by Gasteiger charge is -2.06. The van der Waals surface area contributed by atoms with Crippen molar-refractivity contribution in [2.45, 2.75) is 13.0 Å². The Bertz CT molecular complexity index is 366. The molecule has 3 N–H and O–H groups in total. The quantitative estimate of drug-likeness (QED) is 0.566. The normalized spacial score (nSPS) is 11.6. The Morgan fingerprint density at radius 3 is 2.56 bits per heavy atom. The van der Waals surface area contributed by atoms with Crippen molar-refractivity contribution in [2.24, 2.45) is 0 Å². The zero-order valence-corrected chi connectivity index (χ0v) is 8.67. The van der Waals surface area contributed by atoms with Gasteiger partial charge in [-0.3, -0.25) is 14.9 Å². The topological polar surface area (TPSA) is 104 Å². The van der Waals surface area contributed by atoms with Gasteiger partial charge in [0.2, 0.25) is 5.95 Å². The standard InChI is InChI=1S/C9H12N4O3/c1-6(14)5-12-7(15)8(16)13-9-10-3-2-4-11-9/h2-4,6,14H,5H2,1H3,(H,12,15)(H,10,11,13,16). The molecule has 1 unspecified atom stereocenters. The van der Waals surface area contributed by atoms with Crippen LogP contribution in [-0.2, 0) is 9.59 Å². The molecule has 0 saturated heterocycles. The highest BCUT2D eigenvalue weighted by Crippen LogP contribution is 1.93. The molecule has 1 atom stereocenters. The summed E-state index contributed by atoms with van der Waals surface area (Å²) in [5.74, 6) is -1.65. The number of rotatable bonds is 3. The van der Waals surface area contributed by atoms with Gasteiger partial charge in [-0.25, -0.2) is 9.97 Å². The van der Waals surface area contributed by atoms with Crippen molar-refractivity contribution in [3.05, 3.63) is 18.5 Å². The molecular formula is C9H12N4O3. The number of aromatic nitrogens is 2. The average Bonchev–Trinajstić information content (AvgIpc) is 2.27. The Labute approximate surface area is 91.9 Å². The van der Waals surface area contributed by atoms with Gasteiger partial charge < -0.3 is 10.4 Å². The first-order chi connectivity index (χ1) is 7.59. The second-order valence-corrected chi connectivity index (χ2v) is 3.09. The highest BCUT2D eigenvalue weighted by atomic mass is 16.3. The third-order valence-corrected chi connectivity index (χ3v) is 1.56. The molecule has 7 heteroatoms. The Morgan fingerprint density at radius 2 is 2.00 bits per heavy atom. The molecule has 0 spiro atoms. The number of nitrogens with one attached hydrogen (secondary N) is 2. The summed E-state index contributed by atoms with van der Waals surface area (Å²) in [6.45, 7) is 1.51. The summed E-state index contributed by atoms with van der Waals surface area (Å²) in [6, 6.07) is 1.59. The molecule has 0 saturated carbocycles. The van der Waals surface area contributed by atoms with Gasteiger partial charge in [-0.1, -0.05) is 0 Å². The minimum atomic E-state index is -0.869. The SMILES string of the molecule is CC(O)CNC(=O)C(=O)Nc1ncccn1. The summed E-state index contributed by atoms with van der Waals surface area (Å²) in [5, 5.41) is 13.4. The zero-order valence-electron chi connectivity index (χ0n) is 8.67. The van der Waals surface area contributed by atoms with E-state index in [1.54, 1.807) is 6.07 Å². The van der Waals surface area contributed by atoms with Crippen LogP contribution in [0.4, 0.5) is 5.95 Å².